The van der Waals surface area contributed by atoms with E-state index in [-0.39, 0.29) is 5.91 Å². The van der Waals surface area contributed by atoms with Crippen LogP contribution >= 0.6 is 22.9 Å². The van der Waals surface area contributed by atoms with Gasteiger partial charge in [-0.3, -0.25) is 9.20 Å². The third kappa shape index (κ3) is 3.49. The molecule has 0 fully saturated rings. The Labute approximate surface area is 160 Å². The van der Waals surface area contributed by atoms with E-state index in [9.17, 15) is 4.79 Å². The van der Waals surface area contributed by atoms with Gasteiger partial charge in [-0.2, -0.15) is 0 Å². The topological polar surface area (TPSA) is 46.4 Å². The van der Waals surface area contributed by atoms with Crippen LogP contribution in [-0.4, -0.2) is 15.3 Å². The van der Waals surface area contributed by atoms with Crippen LogP contribution in [0.15, 0.2) is 66.9 Å². The minimum absolute atomic E-state index is 0.0441. The molecule has 4 rings (SSSR count). The van der Waals surface area contributed by atoms with E-state index in [0.29, 0.717) is 18.7 Å². The highest BCUT2D eigenvalue weighted by molar-refractivity contribution is 7.16. The monoisotopic (exact) mass is 381 g/mol. The van der Waals surface area contributed by atoms with Gasteiger partial charge in [-0.15, -0.1) is 11.3 Å². The molecule has 4 nitrogen and oxygen atoms in total. The molecule has 1 amide bonds. The van der Waals surface area contributed by atoms with Crippen molar-refractivity contribution in [3.05, 3.63) is 76.1 Å². The molecule has 26 heavy (non-hydrogen) atoms. The molecule has 0 unspecified atom stereocenters. The minimum atomic E-state index is -0.0441. The zero-order valence-corrected chi connectivity index (χ0v) is 15.4. The molecule has 1 aromatic carbocycles. The van der Waals surface area contributed by atoms with Crippen molar-refractivity contribution in [2.75, 3.05) is 5.32 Å². The fourth-order valence-corrected chi connectivity index (χ4v) is 3.92. The first-order chi connectivity index (χ1) is 12.7. The molecule has 0 saturated heterocycles. The van der Waals surface area contributed by atoms with E-state index in [0.717, 1.165) is 26.1 Å². The third-order valence-electron chi connectivity index (χ3n) is 4.06. The van der Waals surface area contributed by atoms with Gasteiger partial charge in [0.2, 0.25) is 5.91 Å². The number of carbonyl (C=O) groups excluding carboxylic acids is 1. The number of benzene rings is 1. The van der Waals surface area contributed by atoms with Crippen LogP contribution in [0.1, 0.15) is 11.3 Å². The van der Waals surface area contributed by atoms with Crippen molar-refractivity contribution in [3.8, 4) is 11.3 Å². The number of carbonyl (C=O) groups is 1. The first-order valence-electron chi connectivity index (χ1n) is 8.27. The Morgan fingerprint density at radius 3 is 2.65 bits per heavy atom. The molecular weight excluding hydrogens is 366 g/mol. The van der Waals surface area contributed by atoms with Crippen molar-refractivity contribution in [2.45, 2.75) is 12.8 Å². The molecule has 6 heteroatoms. The van der Waals surface area contributed by atoms with Crippen molar-refractivity contribution in [3.63, 3.8) is 0 Å². The van der Waals surface area contributed by atoms with Gasteiger partial charge in [0.25, 0.3) is 0 Å². The van der Waals surface area contributed by atoms with Crippen LogP contribution in [0.5, 0.6) is 0 Å². The summed E-state index contributed by atoms with van der Waals surface area (Å²) in [7, 11) is 0. The third-order valence-corrected chi connectivity index (χ3v) is 5.35. The van der Waals surface area contributed by atoms with Gasteiger partial charge in [0.05, 0.1) is 4.34 Å². The fourth-order valence-electron chi connectivity index (χ4n) is 2.83. The summed E-state index contributed by atoms with van der Waals surface area (Å²) in [6, 6.07) is 19.5. The molecule has 4 aromatic rings. The van der Waals surface area contributed by atoms with Crippen molar-refractivity contribution >= 4 is 40.3 Å². The number of nitrogens with zero attached hydrogens (tertiary/aromatic N) is 2. The average Bonchev–Trinajstić information content (AvgIpc) is 3.25. The summed E-state index contributed by atoms with van der Waals surface area (Å²) >= 11 is 7.46. The summed E-state index contributed by atoms with van der Waals surface area (Å²) in [5.41, 5.74) is 2.53. The van der Waals surface area contributed by atoms with Crippen LogP contribution in [-0.2, 0) is 11.2 Å². The van der Waals surface area contributed by atoms with Crippen LogP contribution in [0, 0.1) is 0 Å². The van der Waals surface area contributed by atoms with Gasteiger partial charge in [0.1, 0.15) is 17.2 Å². The van der Waals surface area contributed by atoms with Crippen molar-refractivity contribution in [2.24, 2.45) is 0 Å². The Morgan fingerprint density at radius 1 is 1.08 bits per heavy atom. The van der Waals surface area contributed by atoms with E-state index in [1.165, 1.54) is 11.3 Å². The Balaban J connectivity index is 1.61. The lowest BCUT2D eigenvalue weighted by Crippen LogP contribution is -2.14. The van der Waals surface area contributed by atoms with E-state index < -0.39 is 0 Å². The quantitative estimate of drug-likeness (QED) is 0.510. The number of anilines is 1. The molecule has 0 bridgehead atoms. The number of hydrogen-bond donors (Lipinski definition) is 1. The number of amides is 1. The van der Waals surface area contributed by atoms with E-state index >= 15 is 0 Å². The van der Waals surface area contributed by atoms with Crippen LogP contribution in [0.25, 0.3) is 16.9 Å². The van der Waals surface area contributed by atoms with Gasteiger partial charge in [0.15, 0.2) is 0 Å². The number of fused-ring (bicyclic) bond motifs is 1. The summed E-state index contributed by atoms with van der Waals surface area (Å²) in [6.45, 7) is 0. The predicted octanol–water partition coefficient (Wildman–Crippen LogP) is 5.29. The molecular formula is C20H16ClN3OS. The lowest BCUT2D eigenvalue weighted by Gasteiger charge is -2.07. The number of hydrogen-bond acceptors (Lipinski definition) is 3. The Hall–Kier alpha value is -2.63. The molecule has 3 aromatic heterocycles. The largest absolute Gasteiger partial charge is 0.310 e. The number of aromatic nitrogens is 2. The highest BCUT2D eigenvalue weighted by Gasteiger charge is 2.16. The Kier molecular flexibility index (Phi) is 4.73. The number of nitrogens with one attached hydrogen (secondary N) is 1. The number of imidazole rings is 1. The van der Waals surface area contributed by atoms with Gasteiger partial charge < -0.3 is 5.32 Å². The van der Waals surface area contributed by atoms with Crippen LogP contribution < -0.4 is 5.32 Å². The van der Waals surface area contributed by atoms with E-state index in [4.69, 9.17) is 16.6 Å². The van der Waals surface area contributed by atoms with Crippen molar-refractivity contribution < 1.29 is 4.79 Å². The molecule has 0 radical (unpaired) electrons. The van der Waals surface area contributed by atoms with Crippen molar-refractivity contribution in [1.29, 1.82) is 0 Å². The standard InChI is InChI=1S/C20H16ClN3OS/c21-16-11-9-15(26-16)10-12-18(25)23-20-19(14-6-2-1-3-7-14)22-17-8-4-5-13-24(17)20/h1-9,11,13H,10,12H2,(H,23,25). The highest BCUT2D eigenvalue weighted by Crippen LogP contribution is 2.29. The molecule has 0 aliphatic heterocycles. The maximum atomic E-state index is 12.5. The maximum absolute atomic E-state index is 12.5. The first kappa shape index (κ1) is 16.8. The van der Waals surface area contributed by atoms with Gasteiger partial charge in [-0.1, -0.05) is 48.0 Å². The number of thiophene rings is 1. The SMILES string of the molecule is O=C(CCc1ccc(Cl)s1)Nc1c(-c2ccccc2)nc2ccccn12. The predicted molar refractivity (Wildman–Crippen MR) is 107 cm³/mol. The summed E-state index contributed by atoms with van der Waals surface area (Å²) in [5.74, 6) is 0.651. The zero-order valence-electron chi connectivity index (χ0n) is 13.9. The molecule has 0 aliphatic carbocycles. The lowest BCUT2D eigenvalue weighted by molar-refractivity contribution is -0.116. The second kappa shape index (κ2) is 7.32. The van der Waals surface area contributed by atoms with Crippen LogP contribution in [0.4, 0.5) is 5.82 Å². The smallest absolute Gasteiger partial charge is 0.225 e. The lowest BCUT2D eigenvalue weighted by atomic mass is 10.1. The molecule has 0 atom stereocenters. The zero-order chi connectivity index (χ0) is 17.9. The number of rotatable bonds is 5. The highest BCUT2D eigenvalue weighted by atomic mass is 35.5. The molecule has 1 N–H and O–H groups in total. The maximum Gasteiger partial charge on any atom is 0.225 e. The van der Waals surface area contributed by atoms with Crippen LogP contribution in [0.3, 0.4) is 0 Å². The van der Waals surface area contributed by atoms with E-state index in [1.54, 1.807) is 0 Å². The molecule has 0 spiro atoms. The van der Waals surface area contributed by atoms with Gasteiger partial charge in [0, 0.05) is 23.1 Å². The normalized spacial score (nSPS) is 11.0. The molecule has 0 saturated carbocycles. The van der Waals surface area contributed by atoms with Gasteiger partial charge in [-0.05, 0) is 30.7 Å². The molecule has 3 heterocycles. The number of aryl methyl sites for hydroxylation is 1. The first-order valence-corrected chi connectivity index (χ1v) is 9.47. The summed E-state index contributed by atoms with van der Waals surface area (Å²) in [4.78, 5) is 18.3. The van der Waals surface area contributed by atoms with E-state index in [1.807, 2.05) is 71.3 Å². The summed E-state index contributed by atoms with van der Waals surface area (Å²) < 4.78 is 2.65. The second-order valence-corrected chi connectivity index (χ2v) is 7.66. The fraction of sp³-hybridized carbons (Fsp3) is 0.100. The van der Waals surface area contributed by atoms with Gasteiger partial charge in [-0.25, -0.2) is 4.98 Å². The minimum Gasteiger partial charge on any atom is -0.310 e. The van der Waals surface area contributed by atoms with E-state index in [2.05, 4.69) is 5.32 Å². The number of pyridine rings is 1. The number of halogens is 1. The molecule has 0 aliphatic rings. The Bertz CT molecular complexity index is 1060. The Morgan fingerprint density at radius 2 is 1.88 bits per heavy atom. The summed E-state index contributed by atoms with van der Waals surface area (Å²) in [5, 5.41) is 3.04. The average molecular weight is 382 g/mol. The summed E-state index contributed by atoms with van der Waals surface area (Å²) in [6.07, 6.45) is 2.97. The van der Waals surface area contributed by atoms with Crippen molar-refractivity contribution in [1.82, 2.24) is 9.38 Å². The molecule has 130 valence electrons. The second-order valence-electron chi connectivity index (χ2n) is 5.86. The van der Waals surface area contributed by atoms with Crippen LogP contribution in [0.2, 0.25) is 4.34 Å². The van der Waals surface area contributed by atoms with Gasteiger partial charge >= 0.3 is 0 Å².